The maximum atomic E-state index is 13.3. The zero-order valence-electron chi connectivity index (χ0n) is 23.3. The number of carbonyl (C=O) groups excluding carboxylic acids is 2. The summed E-state index contributed by atoms with van der Waals surface area (Å²) in [5, 5.41) is 5.90. The SMILES string of the molecule is CCOc1ccc(NC(=O)COc2ccc(C(=O)N[C@@H](c3ccc4c(c3)OCCCO4)C(C)C)cc2OC)cc1. The van der Waals surface area contributed by atoms with Crippen LogP contribution in [0.1, 0.15) is 49.2 Å². The maximum Gasteiger partial charge on any atom is 0.262 e. The maximum absolute atomic E-state index is 13.3. The highest BCUT2D eigenvalue weighted by Crippen LogP contribution is 2.35. The Balaban J connectivity index is 1.39. The zero-order chi connectivity index (χ0) is 28.5. The molecule has 0 saturated heterocycles. The fourth-order valence-corrected chi connectivity index (χ4v) is 4.30. The van der Waals surface area contributed by atoms with Crippen molar-refractivity contribution in [3.63, 3.8) is 0 Å². The minimum atomic E-state index is -0.331. The van der Waals surface area contributed by atoms with Gasteiger partial charge in [-0.3, -0.25) is 9.59 Å². The van der Waals surface area contributed by atoms with Crippen molar-refractivity contribution in [2.45, 2.75) is 33.2 Å². The van der Waals surface area contributed by atoms with Crippen molar-refractivity contribution in [1.29, 1.82) is 0 Å². The number of carbonyl (C=O) groups is 2. The fourth-order valence-electron chi connectivity index (χ4n) is 4.30. The quantitative estimate of drug-likeness (QED) is 0.331. The highest BCUT2D eigenvalue weighted by atomic mass is 16.5. The molecule has 9 nitrogen and oxygen atoms in total. The molecule has 40 heavy (non-hydrogen) atoms. The third-order valence-corrected chi connectivity index (χ3v) is 6.32. The lowest BCUT2D eigenvalue weighted by Gasteiger charge is -2.24. The van der Waals surface area contributed by atoms with Gasteiger partial charge in [0, 0.05) is 17.7 Å². The highest BCUT2D eigenvalue weighted by molar-refractivity contribution is 5.95. The molecule has 0 radical (unpaired) electrons. The average Bonchev–Trinajstić information content (AvgIpc) is 3.20. The highest BCUT2D eigenvalue weighted by Gasteiger charge is 2.22. The smallest absolute Gasteiger partial charge is 0.262 e. The molecule has 0 aromatic heterocycles. The van der Waals surface area contributed by atoms with Crippen LogP contribution in [-0.4, -0.2) is 45.4 Å². The largest absolute Gasteiger partial charge is 0.494 e. The molecule has 0 spiro atoms. The van der Waals surface area contributed by atoms with Gasteiger partial charge in [-0.05, 0) is 73.0 Å². The van der Waals surface area contributed by atoms with E-state index in [1.807, 2.05) is 39.0 Å². The van der Waals surface area contributed by atoms with Crippen molar-refractivity contribution >= 4 is 17.5 Å². The van der Waals surface area contributed by atoms with E-state index in [1.165, 1.54) is 7.11 Å². The van der Waals surface area contributed by atoms with Crippen LogP contribution in [0, 0.1) is 5.92 Å². The Morgan fingerprint density at radius 3 is 2.35 bits per heavy atom. The molecule has 0 unspecified atom stereocenters. The Kier molecular flexibility index (Phi) is 9.72. The first-order valence-corrected chi connectivity index (χ1v) is 13.4. The predicted octanol–water partition coefficient (Wildman–Crippen LogP) is 5.40. The van der Waals surface area contributed by atoms with Crippen LogP contribution in [0.25, 0.3) is 0 Å². The number of fused-ring (bicyclic) bond motifs is 1. The molecule has 2 amide bonds. The van der Waals surface area contributed by atoms with E-state index in [1.54, 1.807) is 42.5 Å². The third-order valence-electron chi connectivity index (χ3n) is 6.32. The van der Waals surface area contributed by atoms with Crippen molar-refractivity contribution in [1.82, 2.24) is 5.32 Å². The van der Waals surface area contributed by atoms with Crippen LogP contribution in [-0.2, 0) is 4.79 Å². The second-order valence-corrected chi connectivity index (χ2v) is 9.61. The Hall–Kier alpha value is -4.40. The van der Waals surface area contributed by atoms with Crippen LogP contribution in [0.3, 0.4) is 0 Å². The number of ether oxygens (including phenoxy) is 5. The van der Waals surface area contributed by atoms with E-state index in [2.05, 4.69) is 10.6 Å². The molecule has 1 aliphatic rings. The van der Waals surface area contributed by atoms with E-state index >= 15 is 0 Å². The van der Waals surface area contributed by atoms with Gasteiger partial charge in [0.15, 0.2) is 29.6 Å². The van der Waals surface area contributed by atoms with Crippen LogP contribution in [0.5, 0.6) is 28.7 Å². The normalized spacial score (nSPS) is 13.1. The van der Waals surface area contributed by atoms with Crippen molar-refractivity contribution in [2.24, 2.45) is 5.92 Å². The Morgan fingerprint density at radius 2 is 1.65 bits per heavy atom. The molecule has 1 heterocycles. The number of nitrogens with one attached hydrogen (secondary N) is 2. The van der Waals surface area contributed by atoms with E-state index in [-0.39, 0.29) is 30.4 Å². The van der Waals surface area contributed by atoms with Crippen molar-refractivity contribution in [3.8, 4) is 28.7 Å². The first-order valence-electron chi connectivity index (χ1n) is 13.4. The molecule has 0 fully saturated rings. The van der Waals surface area contributed by atoms with Gasteiger partial charge in [-0.15, -0.1) is 0 Å². The van der Waals surface area contributed by atoms with Crippen molar-refractivity contribution in [3.05, 3.63) is 71.8 Å². The molecule has 9 heteroatoms. The molecular formula is C31H36N2O7. The van der Waals surface area contributed by atoms with E-state index in [9.17, 15) is 9.59 Å². The molecule has 0 saturated carbocycles. The number of benzene rings is 3. The number of methoxy groups -OCH3 is 1. The second-order valence-electron chi connectivity index (χ2n) is 9.61. The van der Waals surface area contributed by atoms with Gasteiger partial charge < -0.3 is 34.3 Å². The summed E-state index contributed by atoms with van der Waals surface area (Å²) in [7, 11) is 1.48. The average molecular weight is 549 g/mol. The van der Waals surface area contributed by atoms with Crippen LogP contribution >= 0.6 is 0 Å². The molecule has 212 valence electrons. The first-order chi connectivity index (χ1) is 19.4. The molecule has 0 bridgehead atoms. The van der Waals surface area contributed by atoms with Gasteiger partial charge in [0.2, 0.25) is 0 Å². The third kappa shape index (κ3) is 7.37. The summed E-state index contributed by atoms with van der Waals surface area (Å²) in [5.74, 6) is 2.35. The topological polar surface area (TPSA) is 104 Å². The number of hydrogen-bond acceptors (Lipinski definition) is 7. The number of rotatable bonds is 11. The first kappa shape index (κ1) is 28.6. The van der Waals surface area contributed by atoms with Crippen LogP contribution in [0.2, 0.25) is 0 Å². The number of amides is 2. The summed E-state index contributed by atoms with van der Waals surface area (Å²) in [5.41, 5.74) is 1.96. The number of hydrogen-bond donors (Lipinski definition) is 2. The summed E-state index contributed by atoms with van der Waals surface area (Å²) in [6, 6.07) is 17.5. The van der Waals surface area contributed by atoms with Crippen LogP contribution in [0.4, 0.5) is 5.69 Å². The zero-order valence-corrected chi connectivity index (χ0v) is 23.3. The summed E-state index contributed by atoms with van der Waals surface area (Å²) in [6.45, 7) is 7.55. The van der Waals surface area contributed by atoms with Gasteiger partial charge in [-0.1, -0.05) is 19.9 Å². The molecule has 3 aromatic rings. The lowest BCUT2D eigenvalue weighted by molar-refractivity contribution is -0.118. The van der Waals surface area contributed by atoms with E-state index in [0.717, 1.165) is 17.7 Å². The fraction of sp³-hybridized carbons (Fsp3) is 0.355. The molecular weight excluding hydrogens is 512 g/mol. The Labute approximate surface area is 234 Å². The Bertz CT molecular complexity index is 1310. The molecule has 1 atom stereocenters. The minimum absolute atomic E-state index is 0.118. The lowest BCUT2D eigenvalue weighted by atomic mass is 9.95. The van der Waals surface area contributed by atoms with Gasteiger partial charge in [-0.25, -0.2) is 0 Å². The standard InChI is InChI=1S/C31H36N2O7/c1-5-37-24-11-9-23(10-12-24)32-29(34)19-40-25-14-8-22(18-27(25)36-4)31(35)33-30(20(2)3)21-7-13-26-28(17-21)39-16-6-15-38-26/h7-14,17-18,20,30H,5-6,15-16,19H2,1-4H3,(H,32,34)(H,33,35)/t30-/m1/s1. The predicted molar refractivity (Wildman–Crippen MR) is 152 cm³/mol. The summed E-state index contributed by atoms with van der Waals surface area (Å²) < 4.78 is 28.1. The van der Waals surface area contributed by atoms with E-state index in [0.29, 0.717) is 54.1 Å². The second kappa shape index (κ2) is 13.6. The monoisotopic (exact) mass is 548 g/mol. The number of anilines is 1. The van der Waals surface area contributed by atoms with E-state index in [4.69, 9.17) is 23.7 Å². The van der Waals surface area contributed by atoms with Gasteiger partial charge in [-0.2, -0.15) is 0 Å². The molecule has 4 rings (SSSR count). The molecule has 2 N–H and O–H groups in total. The summed E-state index contributed by atoms with van der Waals surface area (Å²) in [6.07, 6.45) is 0.823. The van der Waals surface area contributed by atoms with Crippen LogP contribution in [0.15, 0.2) is 60.7 Å². The molecule has 0 aliphatic carbocycles. The van der Waals surface area contributed by atoms with E-state index < -0.39 is 0 Å². The van der Waals surface area contributed by atoms with Crippen molar-refractivity contribution in [2.75, 3.05) is 38.9 Å². The molecule has 1 aliphatic heterocycles. The molecule has 3 aromatic carbocycles. The summed E-state index contributed by atoms with van der Waals surface area (Å²) >= 11 is 0. The van der Waals surface area contributed by atoms with Gasteiger partial charge >= 0.3 is 0 Å². The summed E-state index contributed by atoms with van der Waals surface area (Å²) in [4.78, 5) is 25.7. The van der Waals surface area contributed by atoms with Gasteiger partial charge in [0.05, 0.1) is 33.0 Å². The lowest BCUT2D eigenvalue weighted by Crippen LogP contribution is -2.31. The Morgan fingerprint density at radius 1 is 0.900 bits per heavy atom. The van der Waals surface area contributed by atoms with Gasteiger partial charge in [0.25, 0.3) is 11.8 Å². The van der Waals surface area contributed by atoms with Crippen LogP contribution < -0.4 is 34.3 Å². The minimum Gasteiger partial charge on any atom is -0.494 e. The van der Waals surface area contributed by atoms with Crippen molar-refractivity contribution < 1.29 is 33.3 Å². The van der Waals surface area contributed by atoms with Gasteiger partial charge in [0.1, 0.15) is 5.75 Å².